The molecule has 0 aromatic heterocycles. The Morgan fingerprint density at radius 2 is 2.08 bits per heavy atom. The van der Waals surface area contributed by atoms with Gasteiger partial charge < -0.3 is 4.79 Å². The van der Waals surface area contributed by atoms with Crippen molar-refractivity contribution >= 4 is 6.29 Å². The van der Waals surface area contributed by atoms with E-state index >= 15 is 0 Å². The van der Waals surface area contributed by atoms with Gasteiger partial charge >= 0.3 is 0 Å². The summed E-state index contributed by atoms with van der Waals surface area (Å²) in [4.78, 5) is 11.3. The molecule has 0 radical (unpaired) electrons. The number of carbonyl (C=O) groups is 1. The van der Waals surface area contributed by atoms with Gasteiger partial charge in [-0.3, -0.25) is 0 Å². The van der Waals surface area contributed by atoms with Crippen LogP contribution in [-0.4, -0.2) is 6.29 Å². The van der Waals surface area contributed by atoms with Crippen LogP contribution in [0.3, 0.4) is 0 Å². The third-order valence-electron chi connectivity index (χ3n) is 4.13. The fourth-order valence-corrected chi connectivity index (χ4v) is 3.16. The summed E-state index contributed by atoms with van der Waals surface area (Å²) in [5, 5.41) is 0. The molecule has 0 aromatic carbocycles. The van der Waals surface area contributed by atoms with Gasteiger partial charge in [0.15, 0.2) is 0 Å². The van der Waals surface area contributed by atoms with E-state index in [-0.39, 0.29) is 5.41 Å². The summed E-state index contributed by atoms with van der Waals surface area (Å²) in [5.41, 5.74) is 0.0313. The van der Waals surface area contributed by atoms with Crippen molar-refractivity contribution in [3.05, 3.63) is 0 Å². The topological polar surface area (TPSA) is 17.1 Å². The lowest BCUT2D eigenvalue weighted by Crippen LogP contribution is -2.34. The zero-order valence-electron chi connectivity index (χ0n) is 9.18. The van der Waals surface area contributed by atoms with E-state index in [0.717, 1.165) is 19.3 Å². The van der Waals surface area contributed by atoms with E-state index < -0.39 is 0 Å². The van der Waals surface area contributed by atoms with E-state index in [4.69, 9.17) is 0 Å². The molecule has 0 heterocycles. The third-order valence-corrected chi connectivity index (χ3v) is 4.13. The van der Waals surface area contributed by atoms with Gasteiger partial charge in [-0.2, -0.15) is 0 Å². The molecule has 0 aliphatic heterocycles. The van der Waals surface area contributed by atoms with Crippen molar-refractivity contribution in [2.24, 2.45) is 17.3 Å². The molecule has 0 amide bonds. The molecule has 1 aliphatic rings. The number of rotatable bonds is 4. The van der Waals surface area contributed by atoms with Crippen LogP contribution in [0, 0.1) is 17.3 Å². The first-order chi connectivity index (χ1) is 6.21. The zero-order chi connectivity index (χ0) is 9.90. The Bertz CT molecular complexity index is 172. The number of hydrogen-bond donors (Lipinski definition) is 0. The first kappa shape index (κ1) is 10.7. The van der Waals surface area contributed by atoms with Gasteiger partial charge in [0.1, 0.15) is 6.29 Å². The maximum Gasteiger partial charge on any atom is 0.126 e. The van der Waals surface area contributed by atoms with Gasteiger partial charge in [-0.15, -0.1) is 0 Å². The van der Waals surface area contributed by atoms with Crippen LogP contribution in [0.5, 0.6) is 0 Å². The van der Waals surface area contributed by atoms with Crippen molar-refractivity contribution in [2.45, 2.75) is 52.9 Å². The highest BCUT2D eigenvalue weighted by molar-refractivity contribution is 5.61. The summed E-state index contributed by atoms with van der Waals surface area (Å²) in [7, 11) is 0. The minimum Gasteiger partial charge on any atom is -0.303 e. The lowest BCUT2D eigenvalue weighted by molar-refractivity contribution is -0.121. The molecule has 0 aromatic rings. The average molecular weight is 182 g/mol. The second-order valence-corrected chi connectivity index (χ2v) is 4.54. The van der Waals surface area contributed by atoms with Gasteiger partial charge in [0.25, 0.3) is 0 Å². The normalized spacial score (nSPS) is 34.0. The van der Waals surface area contributed by atoms with Crippen LogP contribution >= 0.6 is 0 Å². The molecule has 0 saturated heterocycles. The Kier molecular flexibility index (Phi) is 3.52. The molecule has 0 N–H and O–H groups in total. The van der Waals surface area contributed by atoms with Crippen LogP contribution < -0.4 is 0 Å². The van der Waals surface area contributed by atoms with E-state index in [1.165, 1.54) is 19.1 Å². The van der Waals surface area contributed by atoms with E-state index in [1.54, 1.807) is 0 Å². The summed E-state index contributed by atoms with van der Waals surface area (Å²) in [5.74, 6) is 1.22. The molecule has 1 heteroatoms. The Labute approximate surface area is 81.9 Å². The standard InChI is InChI=1S/C12H22O/c1-4-11(5-2)12(9-13)8-6-7-10(12)3/h9-11H,4-8H2,1-3H3. The van der Waals surface area contributed by atoms with Crippen LogP contribution in [0.2, 0.25) is 0 Å². The van der Waals surface area contributed by atoms with Gasteiger partial charge in [0.05, 0.1) is 0 Å². The van der Waals surface area contributed by atoms with E-state index in [0.29, 0.717) is 11.8 Å². The molecule has 1 aliphatic carbocycles. The molecule has 1 rings (SSSR count). The molecule has 1 nitrogen and oxygen atoms in total. The number of carbonyl (C=O) groups excluding carboxylic acids is 1. The summed E-state index contributed by atoms with van der Waals surface area (Å²) in [6.07, 6.45) is 7.19. The van der Waals surface area contributed by atoms with Crippen LogP contribution in [0.1, 0.15) is 52.9 Å². The number of hydrogen-bond acceptors (Lipinski definition) is 1. The Hall–Kier alpha value is -0.330. The minimum atomic E-state index is 0.0313. The van der Waals surface area contributed by atoms with Crippen LogP contribution in [0.15, 0.2) is 0 Å². The first-order valence-corrected chi connectivity index (χ1v) is 5.67. The van der Waals surface area contributed by atoms with Crippen LogP contribution in [0.4, 0.5) is 0 Å². The lowest BCUT2D eigenvalue weighted by atomic mass is 9.68. The fourth-order valence-electron chi connectivity index (χ4n) is 3.16. The van der Waals surface area contributed by atoms with Gasteiger partial charge in [-0.05, 0) is 24.7 Å². The van der Waals surface area contributed by atoms with Gasteiger partial charge in [-0.1, -0.05) is 40.0 Å². The maximum absolute atomic E-state index is 11.3. The fraction of sp³-hybridized carbons (Fsp3) is 0.917. The summed E-state index contributed by atoms with van der Waals surface area (Å²) in [6.45, 7) is 6.68. The van der Waals surface area contributed by atoms with Crippen molar-refractivity contribution in [2.75, 3.05) is 0 Å². The molecule has 1 fully saturated rings. The highest BCUT2D eigenvalue weighted by Crippen LogP contribution is 2.49. The van der Waals surface area contributed by atoms with Crippen molar-refractivity contribution in [1.82, 2.24) is 0 Å². The minimum absolute atomic E-state index is 0.0313. The average Bonchev–Trinajstić information content (AvgIpc) is 2.51. The van der Waals surface area contributed by atoms with E-state index in [2.05, 4.69) is 20.8 Å². The molecule has 2 unspecified atom stereocenters. The predicted molar refractivity (Wildman–Crippen MR) is 55.6 cm³/mol. The van der Waals surface area contributed by atoms with E-state index in [1.807, 2.05) is 0 Å². The summed E-state index contributed by atoms with van der Waals surface area (Å²) < 4.78 is 0. The van der Waals surface area contributed by atoms with Gasteiger partial charge in [0.2, 0.25) is 0 Å². The molecular weight excluding hydrogens is 160 g/mol. The molecule has 13 heavy (non-hydrogen) atoms. The monoisotopic (exact) mass is 182 g/mol. The van der Waals surface area contributed by atoms with Crippen molar-refractivity contribution in [3.8, 4) is 0 Å². The highest BCUT2D eigenvalue weighted by atomic mass is 16.1. The van der Waals surface area contributed by atoms with Crippen molar-refractivity contribution in [1.29, 1.82) is 0 Å². The number of aldehydes is 1. The van der Waals surface area contributed by atoms with E-state index in [9.17, 15) is 4.79 Å². The SMILES string of the molecule is CCC(CC)C1(C=O)CCCC1C. The summed E-state index contributed by atoms with van der Waals surface area (Å²) in [6, 6.07) is 0. The molecule has 2 atom stereocenters. The third kappa shape index (κ3) is 1.66. The van der Waals surface area contributed by atoms with Gasteiger partial charge in [-0.25, -0.2) is 0 Å². The molecule has 1 saturated carbocycles. The second kappa shape index (κ2) is 4.26. The largest absolute Gasteiger partial charge is 0.303 e. The van der Waals surface area contributed by atoms with Crippen molar-refractivity contribution < 1.29 is 4.79 Å². The second-order valence-electron chi connectivity index (χ2n) is 4.54. The Morgan fingerprint density at radius 3 is 2.38 bits per heavy atom. The van der Waals surface area contributed by atoms with Crippen LogP contribution in [0.25, 0.3) is 0 Å². The molecule has 0 spiro atoms. The Balaban J connectivity index is 2.84. The zero-order valence-corrected chi connectivity index (χ0v) is 9.18. The van der Waals surface area contributed by atoms with Crippen molar-refractivity contribution in [3.63, 3.8) is 0 Å². The molecular formula is C12H22O. The van der Waals surface area contributed by atoms with Gasteiger partial charge in [0, 0.05) is 5.41 Å². The Morgan fingerprint density at radius 1 is 1.46 bits per heavy atom. The smallest absolute Gasteiger partial charge is 0.126 e. The molecule has 0 bridgehead atoms. The molecule has 76 valence electrons. The quantitative estimate of drug-likeness (QED) is 0.609. The maximum atomic E-state index is 11.3. The summed E-state index contributed by atoms with van der Waals surface area (Å²) >= 11 is 0. The lowest BCUT2D eigenvalue weighted by Gasteiger charge is -2.35. The highest BCUT2D eigenvalue weighted by Gasteiger charge is 2.44. The first-order valence-electron chi connectivity index (χ1n) is 5.67. The van der Waals surface area contributed by atoms with Crippen LogP contribution in [-0.2, 0) is 4.79 Å². The predicted octanol–water partition coefficient (Wildman–Crippen LogP) is 3.43.